The van der Waals surface area contributed by atoms with Gasteiger partial charge in [-0.3, -0.25) is 4.68 Å². The van der Waals surface area contributed by atoms with E-state index in [0.29, 0.717) is 31.9 Å². The summed E-state index contributed by atoms with van der Waals surface area (Å²) >= 11 is 0. The van der Waals surface area contributed by atoms with Crippen LogP contribution in [-0.2, 0) is 13.1 Å². The Morgan fingerprint density at radius 3 is 3.00 bits per heavy atom. The lowest BCUT2D eigenvalue weighted by Gasteiger charge is -2.10. The van der Waals surface area contributed by atoms with E-state index >= 15 is 0 Å². The first-order valence-electron chi connectivity index (χ1n) is 5.10. The second kappa shape index (κ2) is 6.03. The van der Waals surface area contributed by atoms with Crippen LogP contribution in [-0.4, -0.2) is 32.5 Å². The van der Waals surface area contributed by atoms with Crippen molar-refractivity contribution in [2.45, 2.75) is 26.4 Å². The van der Waals surface area contributed by atoms with E-state index < -0.39 is 0 Å². The van der Waals surface area contributed by atoms with Crippen LogP contribution in [0, 0.1) is 0 Å². The highest BCUT2D eigenvalue weighted by Crippen LogP contribution is 1.97. The zero-order valence-electron chi connectivity index (χ0n) is 9.37. The fourth-order valence-corrected chi connectivity index (χ4v) is 1.09. The number of rotatable bonds is 6. The topological polar surface area (TPSA) is 124 Å². The van der Waals surface area contributed by atoms with Gasteiger partial charge in [-0.1, -0.05) is 12.1 Å². The van der Waals surface area contributed by atoms with Crippen molar-refractivity contribution >= 4 is 5.84 Å². The summed E-state index contributed by atoms with van der Waals surface area (Å²) in [6, 6.07) is 0. The summed E-state index contributed by atoms with van der Waals surface area (Å²) in [5.74, 6) is 6.11. The summed E-state index contributed by atoms with van der Waals surface area (Å²) in [5.41, 5.74) is 11.7. The fourth-order valence-electron chi connectivity index (χ4n) is 1.09. The van der Waals surface area contributed by atoms with Crippen LogP contribution in [0.15, 0.2) is 11.3 Å². The molecule has 0 aliphatic heterocycles. The van der Waals surface area contributed by atoms with Crippen molar-refractivity contribution < 1.29 is 0 Å². The highest BCUT2D eigenvalue weighted by molar-refractivity contribution is 5.79. The average Bonchev–Trinajstić information content (AvgIpc) is 2.65. The van der Waals surface area contributed by atoms with E-state index in [1.54, 1.807) is 10.9 Å². The van der Waals surface area contributed by atoms with Gasteiger partial charge in [0.1, 0.15) is 11.5 Å². The van der Waals surface area contributed by atoms with E-state index in [4.69, 9.17) is 17.3 Å². The lowest BCUT2D eigenvalue weighted by molar-refractivity contribution is 0.285. The number of nitrogens with zero attached hydrogens (tertiary/aromatic N) is 5. The summed E-state index contributed by atoms with van der Waals surface area (Å²) in [6.07, 6.45) is 2.44. The van der Waals surface area contributed by atoms with Gasteiger partial charge in [0.2, 0.25) is 0 Å². The average molecular weight is 226 g/mol. The fraction of sp³-hybridized carbons (Fsp3) is 0.625. The Kier molecular flexibility index (Phi) is 4.67. The summed E-state index contributed by atoms with van der Waals surface area (Å²) in [6.45, 7) is 3.43. The molecule has 0 aromatic carbocycles. The molecule has 1 heterocycles. The van der Waals surface area contributed by atoms with Gasteiger partial charge in [0.15, 0.2) is 0 Å². The van der Waals surface area contributed by atoms with Crippen LogP contribution in [0.25, 0.3) is 0 Å². The van der Waals surface area contributed by atoms with Crippen molar-refractivity contribution in [1.29, 1.82) is 0 Å². The van der Waals surface area contributed by atoms with Crippen molar-refractivity contribution in [2.75, 3.05) is 6.54 Å². The molecule has 0 bridgehead atoms. The zero-order chi connectivity index (χ0) is 12.0. The molecule has 0 atom stereocenters. The predicted octanol–water partition coefficient (Wildman–Crippen LogP) is -1.41. The molecule has 0 amide bonds. The van der Waals surface area contributed by atoms with E-state index in [0.717, 1.165) is 5.69 Å². The second-order valence-corrected chi connectivity index (χ2v) is 3.30. The first-order valence-corrected chi connectivity index (χ1v) is 5.10. The number of hydrazine groups is 1. The Morgan fingerprint density at radius 2 is 2.38 bits per heavy atom. The maximum atomic E-state index is 5.63. The number of hydrazone groups is 1. The lowest BCUT2D eigenvalue weighted by Crippen LogP contribution is -2.28. The molecule has 1 rings (SSSR count). The molecular formula is C8H18N8. The maximum Gasteiger partial charge on any atom is 0.121 e. The molecule has 8 nitrogen and oxygen atoms in total. The van der Waals surface area contributed by atoms with Gasteiger partial charge in [-0.15, -0.1) is 10.2 Å². The summed E-state index contributed by atoms with van der Waals surface area (Å²) in [4.78, 5) is 0. The van der Waals surface area contributed by atoms with E-state index in [1.165, 1.54) is 5.12 Å². The van der Waals surface area contributed by atoms with Crippen LogP contribution >= 0.6 is 0 Å². The highest BCUT2D eigenvalue weighted by atomic mass is 15.6. The van der Waals surface area contributed by atoms with Gasteiger partial charge in [0.05, 0.1) is 19.3 Å². The minimum absolute atomic E-state index is 0.366. The summed E-state index contributed by atoms with van der Waals surface area (Å²) in [5, 5.41) is 13.0. The van der Waals surface area contributed by atoms with Crippen molar-refractivity contribution in [1.82, 2.24) is 20.1 Å². The molecule has 0 spiro atoms. The standard InChI is InChI=1S/C8H18N8/c1-2-8(10)13-16(11)6-7-5-15(4-3-9)14-12-7/h5H,2-4,6,9,11H2,1H3,(H2,10,13). The van der Waals surface area contributed by atoms with Crippen LogP contribution in [0.3, 0.4) is 0 Å². The molecule has 0 unspecified atom stereocenters. The molecule has 16 heavy (non-hydrogen) atoms. The van der Waals surface area contributed by atoms with Crippen molar-refractivity contribution in [3.8, 4) is 0 Å². The monoisotopic (exact) mass is 226 g/mol. The Balaban J connectivity index is 2.52. The Labute approximate surface area is 94.0 Å². The summed E-state index contributed by atoms with van der Waals surface area (Å²) < 4.78 is 1.66. The normalized spacial score (nSPS) is 11.8. The van der Waals surface area contributed by atoms with Crippen LogP contribution in [0.5, 0.6) is 0 Å². The van der Waals surface area contributed by atoms with Crippen LogP contribution < -0.4 is 17.3 Å². The molecule has 0 radical (unpaired) electrons. The van der Waals surface area contributed by atoms with Crippen LogP contribution in [0.1, 0.15) is 19.0 Å². The minimum Gasteiger partial charge on any atom is -0.386 e. The first kappa shape index (κ1) is 12.4. The molecule has 0 fully saturated rings. The molecule has 8 heteroatoms. The van der Waals surface area contributed by atoms with Crippen molar-refractivity contribution in [3.05, 3.63) is 11.9 Å². The zero-order valence-corrected chi connectivity index (χ0v) is 9.37. The van der Waals surface area contributed by atoms with Gasteiger partial charge < -0.3 is 11.5 Å². The number of hydrogen-bond donors (Lipinski definition) is 3. The van der Waals surface area contributed by atoms with E-state index in [2.05, 4.69) is 15.4 Å². The van der Waals surface area contributed by atoms with E-state index in [-0.39, 0.29) is 0 Å². The molecule has 0 saturated heterocycles. The second-order valence-electron chi connectivity index (χ2n) is 3.30. The van der Waals surface area contributed by atoms with Gasteiger partial charge in [0.25, 0.3) is 0 Å². The van der Waals surface area contributed by atoms with Gasteiger partial charge >= 0.3 is 0 Å². The largest absolute Gasteiger partial charge is 0.386 e. The number of hydrogen-bond acceptors (Lipinski definition) is 6. The molecule has 90 valence electrons. The van der Waals surface area contributed by atoms with Gasteiger partial charge in [-0.05, 0) is 0 Å². The molecule has 0 aliphatic rings. The van der Waals surface area contributed by atoms with Crippen LogP contribution in [0.4, 0.5) is 0 Å². The smallest absolute Gasteiger partial charge is 0.121 e. The van der Waals surface area contributed by atoms with E-state index in [1.807, 2.05) is 6.92 Å². The predicted molar refractivity (Wildman–Crippen MR) is 60.7 cm³/mol. The molecule has 6 N–H and O–H groups in total. The van der Waals surface area contributed by atoms with Gasteiger partial charge in [-0.2, -0.15) is 0 Å². The number of aromatic nitrogens is 3. The SMILES string of the molecule is CC/C(N)=N/N(N)Cc1cn(CCN)nn1. The van der Waals surface area contributed by atoms with Crippen molar-refractivity contribution in [2.24, 2.45) is 22.4 Å². The van der Waals surface area contributed by atoms with Gasteiger partial charge in [-0.25, -0.2) is 11.0 Å². The number of amidine groups is 1. The third-order valence-corrected chi connectivity index (χ3v) is 1.89. The molecule has 1 aromatic rings. The third-order valence-electron chi connectivity index (χ3n) is 1.89. The molecule has 0 aliphatic carbocycles. The Hall–Kier alpha value is -1.67. The van der Waals surface area contributed by atoms with Crippen LogP contribution in [0.2, 0.25) is 0 Å². The molecule has 0 saturated carbocycles. The first-order chi connectivity index (χ1) is 7.65. The summed E-state index contributed by atoms with van der Waals surface area (Å²) in [7, 11) is 0. The molecular weight excluding hydrogens is 208 g/mol. The maximum absolute atomic E-state index is 5.63. The number of nitrogens with two attached hydrogens (primary N) is 3. The van der Waals surface area contributed by atoms with Gasteiger partial charge in [0, 0.05) is 13.0 Å². The van der Waals surface area contributed by atoms with E-state index in [9.17, 15) is 0 Å². The Bertz CT molecular complexity index is 344. The third kappa shape index (κ3) is 3.83. The highest BCUT2D eigenvalue weighted by Gasteiger charge is 2.03. The quantitative estimate of drug-likeness (QED) is 0.237. The van der Waals surface area contributed by atoms with Crippen molar-refractivity contribution in [3.63, 3.8) is 0 Å². The molecule has 1 aromatic heterocycles. The minimum atomic E-state index is 0.366. The Morgan fingerprint density at radius 1 is 1.62 bits per heavy atom. The lowest BCUT2D eigenvalue weighted by atomic mass is 10.4.